The Morgan fingerprint density at radius 2 is 2.12 bits per heavy atom. The van der Waals surface area contributed by atoms with Gasteiger partial charge in [-0.1, -0.05) is 0 Å². The summed E-state index contributed by atoms with van der Waals surface area (Å²) in [7, 11) is 0. The van der Waals surface area contributed by atoms with Crippen LogP contribution < -0.4 is 0 Å². The van der Waals surface area contributed by atoms with Crippen molar-refractivity contribution in [3.8, 4) is 5.75 Å². The van der Waals surface area contributed by atoms with Crippen LogP contribution in [-0.4, -0.2) is 26.0 Å². The van der Waals surface area contributed by atoms with Crippen molar-refractivity contribution in [1.82, 2.24) is 9.38 Å². The summed E-state index contributed by atoms with van der Waals surface area (Å²) >= 11 is 2.06. The molecule has 17 heavy (non-hydrogen) atoms. The van der Waals surface area contributed by atoms with E-state index in [0.717, 1.165) is 23.7 Å². The molecule has 0 saturated carbocycles. The number of fused-ring (bicyclic) bond motifs is 1. The summed E-state index contributed by atoms with van der Waals surface area (Å²) in [5.74, 6) is 3.66. The van der Waals surface area contributed by atoms with E-state index in [-0.39, 0.29) is 5.75 Å². The van der Waals surface area contributed by atoms with Crippen molar-refractivity contribution in [3.05, 3.63) is 30.2 Å². The Labute approximate surface area is 105 Å². The van der Waals surface area contributed by atoms with Crippen molar-refractivity contribution in [3.63, 3.8) is 0 Å². The predicted octanol–water partition coefficient (Wildman–Crippen LogP) is 2.73. The normalized spacial score (nSPS) is 17.6. The van der Waals surface area contributed by atoms with Gasteiger partial charge in [0.15, 0.2) is 0 Å². The molecule has 0 bridgehead atoms. The molecule has 1 fully saturated rings. The highest BCUT2D eigenvalue weighted by atomic mass is 32.2. The number of hydrogen-bond donors (Lipinski definition) is 1. The zero-order valence-electron chi connectivity index (χ0n) is 9.67. The van der Waals surface area contributed by atoms with E-state index < -0.39 is 0 Å². The predicted molar refractivity (Wildman–Crippen MR) is 70.6 cm³/mol. The number of aromatic nitrogens is 2. The zero-order chi connectivity index (χ0) is 11.7. The number of imidazole rings is 1. The Morgan fingerprint density at radius 3 is 2.94 bits per heavy atom. The van der Waals surface area contributed by atoms with Gasteiger partial charge in [0.1, 0.15) is 11.4 Å². The SMILES string of the molecule is Oc1ccc2nc(CC3CCSCC3)cn2c1. The molecule has 0 spiro atoms. The fraction of sp³-hybridized carbons (Fsp3) is 0.462. The number of pyridine rings is 1. The van der Waals surface area contributed by atoms with Gasteiger partial charge in [0, 0.05) is 6.20 Å². The van der Waals surface area contributed by atoms with Gasteiger partial charge < -0.3 is 9.51 Å². The van der Waals surface area contributed by atoms with Crippen LogP contribution in [0, 0.1) is 5.92 Å². The van der Waals surface area contributed by atoms with Crippen molar-refractivity contribution in [2.24, 2.45) is 5.92 Å². The minimum atomic E-state index is 0.288. The van der Waals surface area contributed by atoms with Crippen LogP contribution in [0.25, 0.3) is 5.65 Å². The molecule has 2 aromatic rings. The van der Waals surface area contributed by atoms with Gasteiger partial charge in [0.2, 0.25) is 0 Å². The lowest BCUT2D eigenvalue weighted by Gasteiger charge is -2.19. The van der Waals surface area contributed by atoms with Crippen molar-refractivity contribution < 1.29 is 5.11 Å². The van der Waals surface area contributed by atoms with Crippen LogP contribution in [0.3, 0.4) is 0 Å². The van der Waals surface area contributed by atoms with E-state index in [1.165, 1.54) is 24.3 Å². The standard InChI is InChI=1S/C13H16N2OS/c16-12-1-2-13-14-11(8-15(13)9-12)7-10-3-5-17-6-4-10/h1-2,8-10,16H,3-7H2. The molecular formula is C13H16N2OS. The third-order valence-corrected chi connectivity index (χ3v) is 4.37. The molecule has 2 aromatic heterocycles. The molecule has 4 heteroatoms. The monoisotopic (exact) mass is 248 g/mol. The third kappa shape index (κ3) is 2.41. The molecule has 3 heterocycles. The van der Waals surface area contributed by atoms with Crippen LogP contribution in [0.1, 0.15) is 18.5 Å². The molecule has 1 saturated heterocycles. The summed E-state index contributed by atoms with van der Waals surface area (Å²) in [6.45, 7) is 0. The van der Waals surface area contributed by atoms with E-state index in [1.807, 2.05) is 16.7 Å². The fourth-order valence-electron chi connectivity index (χ4n) is 2.38. The lowest BCUT2D eigenvalue weighted by atomic mass is 9.97. The highest BCUT2D eigenvalue weighted by Crippen LogP contribution is 2.25. The Kier molecular flexibility index (Phi) is 2.97. The van der Waals surface area contributed by atoms with Crippen LogP contribution in [0.15, 0.2) is 24.5 Å². The van der Waals surface area contributed by atoms with E-state index in [0.29, 0.717) is 0 Å². The van der Waals surface area contributed by atoms with Crippen molar-refractivity contribution in [1.29, 1.82) is 0 Å². The largest absolute Gasteiger partial charge is 0.506 e. The van der Waals surface area contributed by atoms with Gasteiger partial charge in [0.25, 0.3) is 0 Å². The zero-order valence-corrected chi connectivity index (χ0v) is 10.5. The quantitative estimate of drug-likeness (QED) is 0.888. The lowest BCUT2D eigenvalue weighted by molar-refractivity contribution is 0.472. The van der Waals surface area contributed by atoms with E-state index in [4.69, 9.17) is 0 Å². The number of aromatic hydroxyl groups is 1. The molecule has 1 aliphatic rings. The molecule has 0 unspecified atom stereocenters. The smallest absolute Gasteiger partial charge is 0.137 e. The summed E-state index contributed by atoms with van der Waals surface area (Å²) in [4.78, 5) is 4.59. The van der Waals surface area contributed by atoms with Gasteiger partial charge in [-0.05, 0) is 48.8 Å². The molecule has 0 aromatic carbocycles. The summed E-state index contributed by atoms with van der Waals surface area (Å²) < 4.78 is 1.91. The summed E-state index contributed by atoms with van der Waals surface area (Å²) in [6, 6.07) is 3.54. The molecule has 90 valence electrons. The molecular weight excluding hydrogens is 232 g/mol. The Bertz CT molecular complexity index is 517. The molecule has 0 amide bonds. The second-order valence-corrected chi connectivity index (χ2v) is 5.87. The number of rotatable bonds is 2. The van der Waals surface area contributed by atoms with Gasteiger partial charge in [0.05, 0.1) is 11.9 Å². The fourth-order valence-corrected chi connectivity index (χ4v) is 3.58. The van der Waals surface area contributed by atoms with Gasteiger partial charge in [-0.2, -0.15) is 11.8 Å². The average molecular weight is 248 g/mol. The van der Waals surface area contributed by atoms with Crippen LogP contribution in [0.5, 0.6) is 5.75 Å². The molecule has 0 aliphatic carbocycles. The minimum absolute atomic E-state index is 0.288. The molecule has 3 rings (SSSR count). The van der Waals surface area contributed by atoms with E-state index in [9.17, 15) is 5.11 Å². The van der Waals surface area contributed by atoms with Crippen LogP contribution >= 0.6 is 11.8 Å². The van der Waals surface area contributed by atoms with E-state index >= 15 is 0 Å². The Hall–Kier alpha value is -1.16. The topological polar surface area (TPSA) is 37.5 Å². The highest BCUT2D eigenvalue weighted by Gasteiger charge is 2.15. The maximum absolute atomic E-state index is 9.41. The van der Waals surface area contributed by atoms with Crippen LogP contribution in [0.4, 0.5) is 0 Å². The van der Waals surface area contributed by atoms with Gasteiger partial charge >= 0.3 is 0 Å². The first kappa shape index (κ1) is 11.0. The van der Waals surface area contributed by atoms with Crippen molar-refractivity contribution in [2.45, 2.75) is 19.3 Å². The van der Waals surface area contributed by atoms with Gasteiger partial charge in [-0.3, -0.25) is 0 Å². The first-order chi connectivity index (χ1) is 8.31. The first-order valence-electron chi connectivity index (χ1n) is 6.05. The Balaban J connectivity index is 1.80. The third-order valence-electron chi connectivity index (χ3n) is 3.32. The van der Waals surface area contributed by atoms with Gasteiger partial charge in [-0.15, -0.1) is 0 Å². The summed E-state index contributed by atoms with van der Waals surface area (Å²) in [5.41, 5.74) is 2.07. The van der Waals surface area contributed by atoms with Crippen molar-refractivity contribution in [2.75, 3.05) is 11.5 Å². The van der Waals surface area contributed by atoms with E-state index in [2.05, 4.69) is 16.7 Å². The highest BCUT2D eigenvalue weighted by molar-refractivity contribution is 7.99. The van der Waals surface area contributed by atoms with Crippen LogP contribution in [0.2, 0.25) is 0 Å². The molecule has 1 N–H and O–H groups in total. The molecule has 1 aliphatic heterocycles. The maximum Gasteiger partial charge on any atom is 0.137 e. The second-order valence-electron chi connectivity index (χ2n) is 4.64. The number of nitrogens with zero attached hydrogens (tertiary/aromatic N) is 2. The lowest BCUT2D eigenvalue weighted by Crippen LogP contribution is -2.12. The Morgan fingerprint density at radius 1 is 1.29 bits per heavy atom. The summed E-state index contributed by atoms with van der Waals surface area (Å²) in [5, 5.41) is 9.41. The maximum atomic E-state index is 9.41. The van der Waals surface area contributed by atoms with Crippen molar-refractivity contribution >= 4 is 17.4 Å². The second kappa shape index (κ2) is 4.61. The minimum Gasteiger partial charge on any atom is -0.506 e. The summed E-state index contributed by atoms with van der Waals surface area (Å²) in [6.07, 6.45) is 7.44. The van der Waals surface area contributed by atoms with E-state index in [1.54, 1.807) is 12.3 Å². The molecule has 0 radical (unpaired) electrons. The molecule has 3 nitrogen and oxygen atoms in total. The van der Waals surface area contributed by atoms with Gasteiger partial charge in [-0.25, -0.2) is 4.98 Å². The number of thioether (sulfide) groups is 1. The average Bonchev–Trinajstić information content (AvgIpc) is 2.71. The first-order valence-corrected chi connectivity index (χ1v) is 7.21. The number of hydrogen-bond acceptors (Lipinski definition) is 3. The molecule has 0 atom stereocenters. The van der Waals surface area contributed by atoms with Crippen LogP contribution in [-0.2, 0) is 6.42 Å².